The predicted molar refractivity (Wildman–Crippen MR) is 380 cm³/mol. The van der Waals surface area contributed by atoms with Crippen LogP contribution in [0.25, 0.3) is 88.4 Å². The van der Waals surface area contributed by atoms with Gasteiger partial charge in [-0.25, -0.2) is 0 Å². The summed E-state index contributed by atoms with van der Waals surface area (Å²) >= 11 is 0. The molecule has 3 heteroatoms. The standard InChI is InChI=1S/C89H65NO2/c1-52-46-53(2)84(54(3)47-52)90(59-41-43-63-70(48-59)87(6,7)82-79(63)80-65-36-22-25-39-75(65)92-85(80)81-62-34-20-23-37-68(62)86(4,5)83(81)82)60-40-42-61-66-50-73-67(51-72(66)89(71(61)49-60,57-30-16-10-17-31-57)58-32-18-11-19-33-58)77-69(44-45-76-78(77)64-35-21-24-38-74(64)91-76)88(73,55-26-12-8-13-27-55)56-28-14-9-15-29-56/h8-51H,1-7H3. The van der Waals surface area contributed by atoms with Crippen molar-refractivity contribution in [2.75, 3.05) is 4.90 Å². The number of anilines is 3. The molecule has 0 spiro atoms. The monoisotopic (exact) mass is 1180 g/mol. The normalized spacial score (nSPS) is 15.2. The number of para-hydroxylation sites is 2. The number of hydrogen-bond donors (Lipinski definition) is 0. The Morgan fingerprint density at radius 2 is 0.761 bits per heavy atom. The summed E-state index contributed by atoms with van der Waals surface area (Å²) in [6, 6.07) is 101. The molecule has 4 aliphatic rings. The quantitative estimate of drug-likeness (QED) is 0.159. The van der Waals surface area contributed by atoms with Crippen LogP contribution in [0, 0.1) is 20.8 Å². The fourth-order valence-corrected chi connectivity index (χ4v) is 18.5. The van der Waals surface area contributed by atoms with E-state index in [1.807, 2.05) is 0 Å². The Kier molecular flexibility index (Phi) is 10.8. The molecule has 0 saturated heterocycles. The highest BCUT2D eigenvalue weighted by molar-refractivity contribution is 6.21. The maximum atomic E-state index is 7.11. The SMILES string of the molecule is Cc1cc(C)c(N(c2ccc3c(c2)C(C)(C)c2c4c(c5oc6ccccc6c5c2-3)-c2ccccc2C4(C)C)c2ccc3c(c2)C(c2ccccc2)(c2ccccc2)c2cc4c(cc2-3)C(c2ccccc2)(c2ccccc2)c2ccc3oc5ccccc5c3c2-4)c(C)c1. The van der Waals surface area contributed by atoms with Gasteiger partial charge in [-0.1, -0.05) is 246 Å². The van der Waals surface area contributed by atoms with Gasteiger partial charge in [-0.3, -0.25) is 0 Å². The Morgan fingerprint density at radius 1 is 0.304 bits per heavy atom. The van der Waals surface area contributed by atoms with Crippen molar-refractivity contribution in [3.63, 3.8) is 0 Å². The maximum Gasteiger partial charge on any atom is 0.144 e. The average Bonchev–Trinajstić information content (AvgIpc) is 1.51. The van der Waals surface area contributed by atoms with Crippen LogP contribution < -0.4 is 4.90 Å². The van der Waals surface area contributed by atoms with Gasteiger partial charge in [0, 0.05) is 49.3 Å². The molecule has 0 amide bonds. The van der Waals surface area contributed by atoms with Crippen molar-refractivity contribution in [2.24, 2.45) is 0 Å². The van der Waals surface area contributed by atoms with Crippen molar-refractivity contribution in [1.82, 2.24) is 0 Å². The van der Waals surface area contributed by atoms with Gasteiger partial charge in [-0.2, -0.15) is 0 Å². The van der Waals surface area contributed by atoms with Gasteiger partial charge >= 0.3 is 0 Å². The Bertz CT molecular complexity index is 5560. The molecule has 3 nitrogen and oxygen atoms in total. The molecular weight excluding hydrogens is 1110 g/mol. The van der Waals surface area contributed by atoms with E-state index in [0.717, 1.165) is 49.9 Å². The van der Waals surface area contributed by atoms with Crippen molar-refractivity contribution >= 4 is 60.9 Å². The van der Waals surface area contributed by atoms with E-state index in [1.165, 1.54) is 139 Å². The first-order valence-corrected chi connectivity index (χ1v) is 32.6. The van der Waals surface area contributed by atoms with Crippen molar-refractivity contribution in [2.45, 2.75) is 70.1 Å². The molecule has 0 saturated carbocycles. The lowest BCUT2D eigenvalue weighted by atomic mass is 9.66. The lowest BCUT2D eigenvalue weighted by Gasteiger charge is -2.36. The number of nitrogens with zero attached hydrogens (tertiary/aromatic N) is 1. The Morgan fingerprint density at radius 3 is 1.38 bits per heavy atom. The summed E-state index contributed by atoms with van der Waals surface area (Å²) in [6.07, 6.45) is 0. The second kappa shape index (κ2) is 18.7. The van der Waals surface area contributed by atoms with Gasteiger partial charge in [0.2, 0.25) is 0 Å². The van der Waals surface area contributed by atoms with E-state index in [-0.39, 0.29) is 5.41 Å². The van der Waals surface area contributed by atoms with Gasteiger partial charge in [0.1, 0.15) is 22.3 Å². The van der Waals surface area contributed by atoms with Crippen LogP contribution in [-0.2, 0) is 21.7 Å². The van der Waals surface area contributed by atoms with Crippen LogP contribution in [-0.4, -0.2) is 0 Å². The van der Waals surface area contributed by atoms with Crippen LogP contribution in [0.5, 0.6) is 0 Å². The molecule has 92 heavy (non-hydrogen) atoms. The third kappa shape index (κ3) is 6.70. The largest absolute Gasteiger partial charge is 0.456 e. The second-order valence-electron chi connectivity index (χ2n) is 27.5. The van der Waals surface area contributed by atoms with Crippen molar-refractivity contribution in [3.05, 3.63) is 350 Å². The van der Waals surface area contributed by atoms with Gasteiger partial charge in [0.15, 0.2) is 0 Å². The van der Waals surface area contributed by atoms with Crippen molar-refractivity contribution < 1.29 is 8.83 Å². The van der Waals surface area contributed by atoms with Crippen LogP contribution in [0.4, 0.5) is 17.1 Å². The van der Waals surface area contributed by atoms with Crippen LogP contribution in [0.1, 0.15) is 111 Å². The third-order valence-electron chi connectivity index (χ3n) is 22.0. The topological polar surface area (TPSA) is 29.5 Å². The number of fused-ring (bicyclic) bond motifs is 22. The number of hydrogen-bond acceptors (Lipinski definition) is 3. The molecule has 0 radical (unpaired) electrons. The van der Waals surface area contributed by atoms with Crippen LogP contribution in [0.2, 0.25) is 0 Å². The summed E-state index contributed by atoms with van der Waals surface area (Å²) in [4.78, 5) is 2.59. The summed E-state index contributed by atoms with van der Waals surface area (Å²) in [7, 11) is 0. The summed E-state index contributed by atoms with van der Waals surface area (Å²) < 4.78 is 14.0. The van der Waals surface area contributed by atoms with E-state index in [9.17, 15) is 0 Å². The van der Waals surface area contributed by atoms with E-state index in [4.69, 9.17) is 8.83 Å². The minimum atomic E-state index is -0.760. The van der Waals surface area contributed by atoms with Gasteiger partial charge in [-0.05, 0) is 192 Å². The minimum Gasteiger partial charge on any atom is -0.456 e. The molecule has 15 aromatic rings. The molecule has 438 valence electrons. The molecule has 0 atom stereocenters. The Labute approximate surface area is 536 Å². The summed E-state index contributed by atoms with van der Waals surface area (Å²) in [5.74, 6) is 0. The number of benzene rings is 13. The lowest BCUT2D eigenvalue weighted by Crippen LogP contribution is -2.30. The van der Waals surface area contributed by atoms with E-state index >= 15 is 0 Å². The molecule has 2 heterocycles. The highest BCUT2D eigenvalue weighted by atomic mass is 16.3. The molecule has 13 aromatic carbocycles. The summed E-state index contributed by atoms with van der Waals surface area (Å²) in [5.41, 5.74) is 34.0. The smallest absolute Gasteiger partial charge is 0.144 e. The summed E-state index contributed by atoms with van der Waals surface area (Å²) in [5, 5.41) is 4.64. The zero-order valence-corrected chi connectivity index (χ0v) is 52.7. The highest BCUT2D eigenvalue weighted by Crippen LogP contribution is 2.67. The average molecular weight is 1180 g/mol. The highest BCUT2D eigenvalue weighted by Gasteiger charge is 2.53. The number of furan rings is 2. The van der Waals surface area contributed by atoms with E-state index in [2.05, 4.69) is 320 Å². The molecule has 0 bridgehead atoms. The molecule has 4 aliphatic carbocycles. The molecule has 0 unspecified atom stereocenters. The Balaban J connectivity index is 0.895. The molecule has 19 rings (SSSR count). The second-order valence-corrected chi connectivity index (χ2v) is 27.5. The maximum absolute atomic E-state index is 7.11. The van der Waals surface area contributed by atoms with Crippen LogP contribution in [0.15, 0.2) is 276 Å². The van der Waals surface area contributed by atoms with Gasteiger partial charge in [-0.15, -0.1) is 0 Å². The molecule has 0 fully saturated rings. The number of aryl methyl sites for hydroxylation is 3. The van der Waals surface area contributed by atoms with E-state index in [1.54, 1.807) is 0 Å². The lowest BCUT2D eigenvalue weighted by molar-refractivity contribution is 0.600. The first kappa shape index (κ1) is 53.1. The van der Waals surface area contributed by atoms with Gasteiger partial charge in [0.05, 0.1) is 16.5 Å². The zero-order chi connectivity index (χ0) is 61.7. The molecule has 0 N–H and O–H groups in total. The van der Waals surface area contributed by atoms with Crippen molar-refractivity contribution in [3.8, 4) is 44.5 Å². The number of rotatable bonds is 7. The summed E-state index contributed by atoms with van der Waals surface area (Å²) in [6.45, 7) is 16.6. The van der Waals surface area contributed by atoms with Gasteiger partial charge < -0.3 is 13.7 Å². The molecular formula is C89H65NO2. The Hall–Kier alpha value is -10.7. The van der Waals surface area contributed by atoms with Gasteiger partial charge in [0.25, 0.3) is 0 Å². The molecule has 0 aliphatic heterocycles. The first-order valence-electron chi connectivity index (χ1n) is 32.6. The van der Waals surface area contributed by atoms with Crippen LogP contribution >= 0.6 is 0 Å². The molecule has 2 aromatic heterocycles. The van der Waals surface area contributed by atoms with Crippen LogP contribution in [0.3, 0.4) is 0 Å². The zero-order valence-electron chi connectivity index (χ0n) is 52.7. The van der Waals surface area contributed by atoms with E-state index < -0.39 is 16.2 Å². The minimum absolute atomic E-state index is 0.270. The fraction of sp³-hybridized carbons (Fsp3) is 0.124. The predicted octanol–water partition coefficient (Wildman–Crippen LogP) is 23.2. The van der Waals surface area contributed by atoms with Crippen molar-refractivity contribution in [1.29, 1.82) is 0 Å². The third-order valence-corrected chi connectivity index (χ3v) is 22.0. The van der Waals surface area contributed by atoms with E-state index in [0.29, 0.717) is 0 Å². The fourth-order valence-electron chi connectivity index (χ4n) is 18.5. The first-order chi connectivity index (χ1) is 44.9.